The van der Waals surface area contributed by atoms with Crippen LogP contribution in [-0.2, 0) is 10.0 Å². The van der Waals surface area contributed by atoms with Gasteiger partial charge in [0.15, 0.2) is 0 Å². The normalized spacial score (nSPS) is 31.0. The second-order valence-corrected chi connectivity index (χ2v) is 7.23. The van der Waals surface area contributed by atoms with Gasteiger partial charge in [0.1, 0.15) is 5.84 Å². The van der Waals surface area contributed by atoms with Gasteiger partial charge in [0, 0.05) is 12.0 Å². The molecule has 2 rings (SSSR count). The van der Waals surface area contributed by atoms with Crippen molar-refractivity contribution in [3.63, 3.8) is 0 Å². The van der Waals surface area contributed by atoms with E-state index < -0.39 is 10.0 Å². The Balaban J connectivity index is 2.04. The molecule has 4 N–H and O–H groups in total. The Hall–Kier alpha value is -0.820. The summed E-state index contributed by atoms with van der Waals surface area (Å²) in [5.41, 5.74) is 5.61. The van der Waals surface area contributed by atoms with Gasteiger partial charge in [-0.15, -0.1) is 0 Å². The quantitative estimate of drug-likeness (QED) is 0.305. The van der Waals surface area contributed by atoms with Gasteiger partial charge in [0.2, 0.25) is 10.0 Å². The minimum absolute atomic E-state index is 0.131. The SMILES string of the molecule is NC(=NO)C1CCCC1NS(=O)(=O)C1CCCC1. The highest BCUT2D eigenvalue weighted by molar-refractivity contribution is 7.90. The minimum atomic E-state index is -3.26. The summed E-state index contributed by atoms with van der Waals surface area (Å²) in [5, 5.41) is 11.5. The average molecular weight is 275 g/mol. The Morgan fingerprint density at radius 1 is 1.17 bits per heavy atom. The van der Waals surface area contributed by atoms with Crippen LogP contribution >= 0.6 is 0 Å². The van der Waals surface area contributed by atoms with E-state index in [1.807, 2.05) is 0 Å². The van der Waals surface area contributed by atoms with Crippen molar-refractivity contribution in [2.75, 3.05) is 0 Å². The summed E-state index contributed by atoms with van der Waals surface area (Å²) in [5.74, 6) is -0.0437. The monoisotopic (exact) mass is 275 g/mol. The van der Waals surface area contributed by atoms with Crippen LogP contribution in [0.4, 0.5) is 0 Å². The molecule has 0 amide bonds. The molecule has 2 atom stereocenters. The first-order valence-corrected chi connectivity index (χ1v) is 8.08. The minimum Gasteiger partial charge on any atom is -0.409 e. The second kappa shape index (κ2) is 5.44. The van der Waals surface area contributed by atoms with Gasteiger partial charge in [-0.2, -0.15) is 0 Å². The zero-order valence-electron chi connectivity index (χ0n) is 10.4. The topological polar surface area (TPSA) is 105 Å². The molecular weight excluding hydrogens is 254 g/mol. The zero-order valence-corrected chi connectivity index (χ0v) is 11.2. The molecule has 104 valence electrons. The number of amidine groups is 1. The van der Waals surface area contributed by atoms with Crippen LogP contribution < -0.4 is 10.5 Å². The number of nitrogens with one attached hydrogen (secondary N) is 1. The molecule has 2 aliphatic rings. The van der Waals surface area contributed by atoms with Crippen molar-refractivity contribution >= 4 is 15.9 Å². The third kappa shape index (κ3) is 2.77. The lowest BCUT2D eigenvalue weighted by atomic mass is 10.0. The van der Waals surface area contributed by atoms with Crippen molar-refractivity contribution in [2.45, 2.75) is 56.2 Å². The van der Waals surface area contributed by atoms with Crippen molar-refractivity contribution in [2.24, 2.45) is 16.8 Å². The molecule has 0 aromatic rings. The molecule has 0 spiro atoms. The van der Waals surface area contributed by atoms with E-state index in [1.54, 1.807) is 0 Å². The summed E-state index contributed by atoms with van der Waals surface area (Å²) in [6.07, 6.45) is 5.89. The van der Waals surface area contributed by atoms with E-state index in [0.717, 1.165) is 44.9 Å². The summed E-state index contributed by atoms with van der Waals surface area (Å²) >= 11 is 0. The molecule has 7 heteroatoms. The van der Waals surface area contributed by atoms with Crippen LogP contribution in [0.1, 0.15) is 44.9 Å². The van der Waals surface area contributed by atoms with E-state index in [9.17, 15) is 8.42 Å². The van der Waals surface area contributed by atoms with Crippen molar-refractivity contribution < 1.29 is 13.6 Å². The van der Waals surface area contributed by atoms with Gasteiger partial charge in [-0.25, -0.2) is 13.1 Å². The number of nitrogens with two attached hydrogens (primary N) is 1. The Kier molecular flexibility index (Phi) is 4.11. The number of nitrogens with zero attached hydrogens (tertiary/aromatic N) is 1. The van der Waals surface area contributed by atoms with Gasteiger partial charge >= 0.3 is 0 Å². The fraction of sp³-hybridized carbons (Fsp3) is 0.909. The van der Waals surface area contributed by atoms with Crippen molar-refractivity contribution in [3.05, 3.63) is 0 Å². The number of hydrogen-bond donors (Lipinski definition) is 3. The summed E-state index contributed by atoms with van der Waals surface area (Å²) in [6.45, 7) is 0. The number of oxime groups is 1. The van der Waals surface area contributed by atoms with Gasteiger partial charge in [-0.3, -0.25) is 0 Å². The van der Waals surface area contributed by atoms with Gasteiger partial charge in [-0.05, 0) is 25.7 Å². The molecule has 2 fully saturated rings. The highest BCUT2D eigenvalue weighted by Crippen LogP contribution is 2.29. The van der Waals surface area contributed by atoms with Crippen molar-refractivity contribution in [3.8, 4) is 0 Å². The van der Waals surface area contributed by atoms with Crippen LogP contribution in [-0.4, -0.2) is 30.8 Å². The molecule has 2 aliphatic carbocycles. The summed E-state index contributed by atoms with van der Waals surface area (Å²) < 4.78 is 27.1. The van der Waals surface area contributed by atoms with E-state index in [-0.39, 0.29) is 23.0 Å². The zero-order chi connectivity index (χ0) is 13.2. The largest absolute Gasteiger partial charge is 0.409 e. The maximum atomic E-state index is 12.2. The Morgan fingerprint density at radius 2 is 1.83 bits per heavy atom. The lowest BCUT2D eigenvalue weighted by Gasteiger charge is -2.22. The smallest absolute Gasteiger partial charge is 0.214 e. The molecular formula is C11H21N3O3S. The maximum absolute atomic E-state index is 12.2. The van der Waals surface area contributed by atoms with Crippen LogP contribution in [0.25, 0.3) is 0 Å². The van der Waals surface area contributed by atoms with Gasteiger partial charge in [-0.1, -0.05) is 24.4 Å². The number of rotatable bonds is 4. The van der Waals surface area contributed by atoms with E-state index in [1.165, 1.54) is 0 Å². The maximum Gasteiger partial charge on any atom is 0.214 e. The third-order valence-corrected chi connectivity index (χ3v) is 6.05. The molecule has 0 bridgehead atoms. The third-order valence-electron chi connectivity index (χ3n) is 4.07. The summed E-state index contributed by atoms with van der Waals surface area (Å²) in [6, 6.07) is -0.216. The van der Waals surface area contributed by atoms with E-state index in [2.05, 4.69) is 9.88 Å². The molecule has 0 aromatic heterocycles. The number of hydrogen-bond acceptors (Lipinski definition) is 4. The van der Waals surface area contributed by atoms with Crippen molar-refractivity contribution in [1.82, 2.24) is 4.72 Å². The summed E-state index contributed by atoms with van der Waals surface area (Å²) in [7, 11) is -3.26. The summed E-state index contributed by atoms with van der Waals surface area (Å²) in [4.78, 5) is 0. The van der Waals surface area contributed by atoms with Gasteiger partial charge in [0.05, 0.1) is 5.25 Å². The van der Waals surface area contributed by atoms with Crippen LogP contribution in [0.3, 0.4) is 0 Å². The first kappa shape index (κ1) is 13.6. The lowest BCUT2D eigenvalue weighted by molar-refractivity contribution is 0.312. The molecule has 2 saturated carbocycles. The molecule has 0 heterocycles. The molecule has 18 heavy (non-hydrogen) atoms. The first-order chi connectivity index (χ1) is 8.54. The van der Waals surface area contributed by atoms with E-state index in [0.29, 0.717) is 0 Å². The number of sulfonamides is 1. The molecule has 0 saturated heterocycles. The van der Waals surface area contributed by atoms with Crippen molar-refractivity contribution in [1.29, 1.82) is 0 Å². The molecule has 6 nitrogen and oxygen atoms in total. The second-order valence-electron chi connectivity index (χ2n) is 5.24. The first-order valence-electron chi connectivity index (χ1n) is 6.53. The van der Waals surface area contributed by atoms with Crippen LogP contribution in [0.2, 0.25) is 0 Å². The average Bonchev–Trinajstić information content (AvgIpc) is 2.97. The van der Waals surface area contributed by atoms with Crippen LogP contribution in [0.15, 0.2) is 5.16 Å². The molecule has 0 aliphatic heterocycles. The van der Waals surface area contributed by atoms with Crippen LogP contribution in [0, 0.1) is 5.92 Å². The highest BCUT2D eigenvalue weighted by Gasteiger charge is 2.37. The van der Waals surface area contributed by atoms with E-state index in [4.69, 9.17) is 10.9 Å². The Labute approximate surface area is 108 Å². The predicted octanol–water partition coefficient (Wildman–Crippen LogP) is 0.763. The van der Waals surface area contributed by atoms with Gasteiger partial charge < -0.3 is 10.9 Å². The highest BCUT2D eigenvalue weighted by atomic mass is 32.2. The standard InChI is InChI=1S/C11H21N3O3S/c12-11(13-15)9-6-3-7-10(9)14-18(16,17)8-4-1-2-5-8/h8-10,14-15H,1-7H2,(H2,12,13). The predicted molar refractivity (Wildman–Crippen MR) is 68.8 cm³/mol. The Morgan fingerprint density at radius 3 is 2.44 bits per heavy atom. The fourth-order valence-electron chi connectivity index (χ4n) is 3.04. The molecule has 0 radical (unpaired) electrons. The molecule has 0 aromatic carbocycles. The fourth-order valence-corrected chi connectivity index (χ4v) is 4.89. The Bertz CT molecular complexity index is 415. The van der Waals surface area contributed by atoms with Gasteiger partial charge in [0.25, 0.3) is 0 Å². The lowest BCUT2D eigenvalue weighted by Crippen LogP contribution is -2.45. The van der Waals surface area contributed by atoms with Crippen LogP contribution in [0.5, 0.6) is 0 Å². The van der Waals surface area contributed by atoms with E-state index >= 15 is 0 Å². The molecule has 2 unspecified atom stereocenters.